The minimum absolute atomic E-state index is 0.0637. The van der Waals surface area contributed by atoms with E-state index in [-0.39, 0.29) is 12.2 Å². The van der Waals surface area contributed by atoms with Gasteiger partial charge in [-0.25, -0.2) is 0 Å². The summed E-state index contributed by atoms with van der Waals surface area (Å²) >= 11 is 0. The first kappa shape index (κ1) is 12.6. The molecule has 0 fully saturated rings. The van der Waals surface area contributed by atoms with Crippen LogP contribution in [0.15, 0.2) is 18.2 Å². The van der Waals surface area contributed by atoms with Crippen molar-refractivity contribution in [2.24, 2.45) is 0 Å². The van der Waals surface area contributed by atoms with Crippen LogP contribution in [0, 0.1) is 0 Å². The summed E-state index contributed by atoms with van der Waals surface area (Å²) in [7, 11) is 0. The second kappa shape index (κ2) is 5.54. The van der Waals surface area contributed by atoms with E-state index in [2.05, 4.69) is 0 Å². The molecule has 1 radical (unpaired) electrons. The molecule has 1 rings (SSSR count). The van der Waals surface area contributed by atoms with Crippen molar-refractivity contribution >= 4 is 6.29 Å². The van der Waals surface area contributed by atoms with E-state index in [0.717, 1.165) is 0 Å². The Morgan fingerprint density at radius 1 is 0.938 bits per heavy atom. The van der Waals surface area contributed by atoms with Crippen LogP contribution in [0.2, 0.25) is 0 Å². The van der Waals surface area contributed by atoms with Crippen LogP contribution in [0.3, 0.4) is 0 Å². The molecule has 0 aliphatic rings. The van der Waals surface area contributed by atoms with Gasteiger partial charge in [-0.15, -0.1) is 0 Å². The predicted molar refractivity (Wildman–Crippen MR) is 62.8 cm³/mol. The molecular formula is C13H17O3. The van der Waals surface area contributed by atoms with E-state index < -0.39 is 0 Å². The van der Waals surface area contributed by atoms with E-state index in [1.54, 1.807) is 18.2 Å². The summed E-state index contributed by atoms with van der Waals surface area (Å²) in [6.07, 6.45) is 1.97. The van der Waals surface area contributed by atoms with Crippen molar-refractivity contribution in [3.05, 3.63) is 23.8 Å². The van der Waals surface area contributed by atoms with Crippen molar-refractivity contribution in [3.8, 4) is 11.5 Å². The van der Waals surface area contributed by atoms with Crippen molar-refractivity contribution in [2.45, 2.75) is 39.9 Å². The normalized spacial score (nSPS) is 10.6. The Morgan fingerprint density at radius 3 is 1.69 bits per heavy atom. The van der Waals surface area contributed by atoms with Gasteiger partial charge in [0.15, 0.2) is 0 Å². The van der Waals surface area contributed by atoms with Crippen molar-refractivity contribution in [3.63, 3.8) is 0 Å². The van der Waals surface area contributed by atoms with E-state index in [9.17, 15) is 4.79 Å². The fourth-order valence-corrected chi connectivity index (χ4v) is 1.31. The van der Waals surface area contributed by atoms with Gasteiger partial charge in [-0.1, -0.05) is 0 Å². The van der Waals surface area contributed by atoms with Gasteiger partial charge in [0, 0.05) is 11.6 Å². The number of ether oxygens (including phenoxy) is 2. The molecular weight excluding hydrogens is 204 g/mol. The van der Waals surface area contributed by atoms with Crippen LogP contribution < -0.4 is 9.47 Å². The molecule has 1 aromatic carbocycles. The second-order valence-corrected chi connectivity index (χ2v) is 4.13. The van der Waals surface area contributed by atoms with Gasteiger partial charge in [0.2, 0.25) is 6.29 Å². The van der Waals surface area contributed by atoms with Crippen molar-refractivity contribution < 1.29 is 14.3 Å². The summed E-state index contributed by atoms with van der Waals surface area (Å²) in [5, 5.41) is 0. The van der Waals surface area contributed by atoms with E-state index >= 15 is 0 Å². The molecule has 0 saturated heterocycles. The zero-order chi connectivity index (χ0) is 12.1. The molecule has 0 aromatic heterocycles. The van der Waals surface area contributed by atoms with E-state index in [4.69, 9.17) is 9.47 Å². The van der Waals surface area contributed by atoms with Gasteiger partial charge in [-0.2, -0.15) is 0 Å². The molecule has 0 amide bonds. The van der Waals surface area contributed by atoms with Crippen LogP contribution in [0.5, 0.6) is 11.5 Å². The van der Waals surface area contributed by atoms with E-state index in [1.807, 2.05) is 34.0 Å². The van der Waals surface area contributed by atoms with E-state index in [1.165, 1.54) is 0 Å². The van der Waals surface area contributed by atoms with Crippen LogP contribution in [0.1, 0.15) is 33.3 Å². The zero-order valence-corrected chi connectivity index (χ0v) is 10.1. The fourth-order valence-electron chi connectivity index (χ4n) is 1.31. The van der Waals surface area contributed by atoms with Gasteiger partial charge in [0.05, 0.1) is 12.2 Å². The SMILES string of the molecule is CC(C)Oc1cc([C]=O)cc(OC(C)C)c1. The molecule has 1 aromatic rings. The Morgan fingerprint density at radius 2 is 1.38 bits per heavy atom. The third kappa shape index (κ3) is 3.93. The van der Waals surface area contributed by atoms with Crippen LogP contribution in [-0.2, 0) is 4.79 Å². The van der Waals surface area contributed by atoms with Gasteiger partial charge in [-0.3, -0.25) is 4.79 Å². The fraction of sp³-hybridized carbons (Fsp3) is 0.462. The Balaban J connectivity index is 2.95. The summed E-state index contributed by atoms with van der Waals surface area (Å²) in [6, 6.07) is 5.08. The van der Waals surface area contributed by atoms with Crippen LogP contribution in [0.4, 0.5) is 0 Å². The molecule has 16 heavy (non-hydrogen) atoms. The molecule has 0 unspecified atom stereocenters. The van der Waals surface area contributed by atoms with Gasteiger partial charge < -0.3 is 9.47 Å². The second-order valence-electron chi connectivity index (χ2n) is 4.13. The Bertz CT molecular complexity index is 328. The number of hydrogen-bond acceptors (Lipinski definition) is 3. The lowest BCUT2D eigenvalue weighted by molar-refractivity contribution is 0.229. The first-order valence-electron chi connectivity index (χ1n) is 5.38. The van der Waals surface area contributed by atoms with Crippen molar-refractivity contribution in [1.82, 2.24) is 0 Å². The highest BCUT2D eigenvalue weighted by molar-refractivity contribution is 5.77. The highest BCUT2D eigenvalue weighted by Gasteiger charge is 2.06. The van der Waals surface area contributed by atoms with Gasteiger partial charge in [0.1, 0.15) is 11.5 Å². The Hall–Kier alpha value is -1.51. The number of carbonyl (C=O) groups excluding carboxylic acids is 1. The maximum Gasteiger partial charge on any atom is 0.233 e. The van der Waals surface area contributed by atoms with Crippen molar-refractivity contribution in [1.29, 1.82) is 0 Å². The zero-order valence-electron chi connectivity index (χ0n) is 10.1. The molecule has 0 aliphatic carbocycles. The molecule has 87 valence electrons. The topological polar surface area (TPSA) is 35.5 Å². The largest absolute Gasteiger partial charge is 0.491 e. The average molecular weight is 221 g/mol. The number of hydrogen-bond donors (Lipinski definition) is 0. The molecule has 0 saturated carbocycles. The molecule has 0 atom stereocenters. The predicted octanol–water partition coefficient (Wildman–Crippen LogP) is 2.72. The highest BCUT2D eigenvalue weighted by Crippen LogP contribution is 2.23. The molecule has 3 heteroatoms. The van der Waals surface area contributed by atoms with Crippen LogP contribution in [0.25, 0.3) is 0 Å². The molecule has 0 heterocycles. The number of benzene rings is 1. The summed E-state index contributed by atoms with van der Waals surface area (Å²) in [6.45, 7) is 7.72. The Labute approximate surface area is 96.4 Å². The quantitative estimate of drug-likeness (QED) is 0.767. The summed E-state index contributed by atoms with van der Waals surface area (Å²) < 4.78 is 11.0. The first-order chi connectivity index (χ1) is 7.51. The first-order valence-corrected chi connectivity index (χ1v) is 5.38. The van der Waals surface area contributed by atoms with Gasteiger partial charge in [-0.05, 0) is 39.8 Å². The van der Waals surface area contributed by atoms with Gasteiger partial charge in [0.25, 0.3) is 0 Å². The lowest BCUT2D eigenvalue weighted by Crippen LogP contribution is -2.08. The molecule has 3 nitrogen and oxygen atoms in total. The minimum Gasteiger partial charge on any atom is -0.491 e. The highest BCUT2D eigenvalue weighted by atomic mass is 16.5. The average Bonchev–Trinajstić information content (AvgIpc) is 2.14. The molecule has 0 N–H and O–H groups in total. The smallest absolute Gasteiger partial charge is 0.233 e. The third-order valence-electron chi connectivity index (χ3n) is 1.74. The maximum atomic E-state index is 10.6. The standard InChI is InChI=1S/C13H17O3/c1-9(2)15-12-5-11(8-14)6-13(7-12)16-10(3)4/h5-7,9-10H,1-4H3. The van der Waals surface area contributed by atoms with Crippen LogP contribution >= 0.6 is 0 Å². The summed E-state index contributed by atoms with van der Waals surface area (Å²) in [4.78, 5) is 10.6. The maximum absolute atomic E-state index is 10.6. The van der Waals surface area contributed by atoms with Gasteiger partial charge >= 0.3 is 0 Å². The van der Waals surface area contributed by atoms with Crippen molar-refractivity contribution in [2.75, 3.05) is 0 Å². The third-order valence-corrected chi connectivity index (χ3v) is 1.74. The molecule has 0 bridgehead atoms. The molecule has 0 spiro atoms. The minimum atomic E-state index is 0.0637. The lowest BCUT2D eigenvalue weighted by Gasteiger charge is -2.14. The summed E-state index contributed by atoms with van der Waals surface area (Å²) in [5.74, 6) is 1.26. The summed E-state index contributed by atoms with van der Waals surface area (Å²) in [5.41, 5.74) is 0.439. The van der Waals surface area contributed by atoms with E-state index in [0.29, 0.717) is 17.1 Å². The molecule has 0 aliphatic heterocycles. The number of rotatable bonds is 5. The Kier molecular flexibility index (Phi) is 4.35. The van der Waals surface area contributed by atoms with Crippen LogP contribution in [-0.4, -0.2) is 18.5 Å². The lowest BCUT2D eigenvalue weighted by atomic mass is 10.2. The monoisotopic (exact) mass is 221 g/mol.